The van der Waals surface area contributed by atoms with Crippen molar-refractivity contribution in [3.8, 4) is 0 Å². The van der Waals surface area contributed by atoms with Crippen LogP contribution >= 0.6 is 0 Å². The van der Waals surface area contributed by atoms with Crippen molar-refractivity contribution < 1.29 is 9.90 Å². The van der Waals surface area contributed by atoms with E-state index in [4.69, 9.17) is 0 Å². The van der Waals surface area contributed by atoms with E-state index in [0.717, 1.165) is 11.3 Å². The Labute approximate surface area is 138 Å². The first-order valence-corrected chi connectivity index (χ1v) is 7.75. The highest BCUT2D eigenvalue weighted by atomic mass is 16.3. The summed E-state index contributed by atoms with van der Waals surface area (Å²) in [5, 5.41) is 9.37. The lowest BCUT2D eigenvalue weighted by Crippen LogP contribution is -2.32. The number of hydrogen-bond acceptors (Lipinski definition) is 3. The van der Waals surface area contributed by atoms with Gasteiger partial charge in [-0.05, 0) is 30.2 Å². The average molecular weight is 312 g/mol. The summed E-state index contributed by atoms with van der Waals surface area (Å²) in [5.74, 6) is -0.0454. The van der Waals surface area contributed by atoms with E-state index >= 15 is 0 Å². The van der Waals surface area contributed by atoms with Crippen molar-refractivity contribution in [3.63, 3.8) is 0 Å². The second kappa shape index (κ2) is 7.79. The molecule has 0 heterocycles. The zero-order valence-electron chi connectivity index (χ0n) is 13.9. The molecule has 0 fully saturated rings. The van der Waals surface area contributed by atoms with E-state index in [1.807, 2.05) is 73.6 Å². The van der Waals surface area contributed by atoms with E-state index < -0.39 is 0 Å². The summed E-state index contributed by atoms with van der Waals surface area (Å²) in [7, 11) is 5.69. The minimum absolute atomic E-state index is 0.0366. The van der Waals surface area contributed by atoms with Gasteiger partial charge in [-0.3, -0.25) is 4.79 Å². The van der Waals surface area contributed by atoms with Crippen LogP contribution in [0.3, 0.4) is 0 Å². The van der Waals surface area contributed by atoms with Gasteiger partial charge in [0.15, 0.2) is 0 Å². The summed E-state index contributed by atoms with van der Waals surface area (Å²) in [5.41, 5.74) is 2.67. The highest BCUT2D eigenvalue weighted by molar-refractivity contribution is 5.95. The molecule has 1 atom stereocenters. The molecule has 0 saturated heterocycles. The van der Waals surface area contributed by atoms with Crippen LogP contribution in [0.2, 0.25) is 0 Å². The lowest BCUT2D eigenvalue weighted by Gasteiger charge is -2.28. The van der Waals surface area contributed by atoms with Crippen molar-refractivity contribution in [2.75, 3.05) is 32.6 Å². The third kappa shape index (κ3) is 4.11. The van der Waals surface area contributed by atoms with E-state index in [1.54, 1.807) is 11.9 Å². The average Bonchev–Trinajstić information content (AvgIpc) is 2.59. The standard InChI is InChI=1S/C19H24N2O2/c1-20(2)17-11-7-10-16(14-17)19(23)21(3)18(12-13-22)15-8-5-4-6-9-15/h4-11,14,18,22H,12-13H2,1-3H3. The Hall–Kier alpha value is -2.33. The van der Waals surface area contributed by atoms with Gasteiger partial charge in [0.25, 0.3) is 5.91 Å². The number of carbonyl (C=O) groups excluding carboxylic acids is 1. The zero-order valence-corrected chi connectivity index (χ0v) is 13.9. The first-order valence-electron chi connectivity index (χ1n) is 7.75. The second-order valence-corrected chi connectivity index (χ2v) is 5.80. The largest absolute Gasteiger partial charge is 0.396 e. The third-order valence-corrected chi connectivity index (χ3v) is 3.98. The molecular weight excluding hydrogens is 288 g/mol. The molecule has 0 radical (unpaired) electrons. The Morgan fingerprint density at radius 2 is 1.74 bits per heavy atom. The van der Waals surface area contributed by atoms with Gasteiger partial charge in [-0.25, -0.2) is 0 Å². The Morgan fingerprint density at radius 3 is 2.35 bits per heavy atom. The number of benzene rings is 2. The van der Waals surface area contributed by atoms with Crippen LogP contribution in [0.5, 0.6) is 0 Å². The number of aliphatic hydroxyl groups excluding tert-OH is 1. The first-order chi connectivity index (χ1) is 11.0. The Morgan fingerprint density at radius 1 is 1.04 bits per heavy atom. The van der Waals surface area contributed by atoms with Crippen LogP contribution in [0, 0.1) is 0 Å². The molecule has 1 N–H and O–H groups in total. The fourth-order valence-corrected chi connectivity index (χ4v) is 2.64. The molecule has 0 aliphatic rings. The Bertz CT molecular complexity index is 641. The van der Waals surface area contributed by atoms with Crippen molar-refractivity contribution in [3.05, 3.63) is 65.7 Å². The van der Waals surface area contributed by atoms with Crippen LogP contribution in [0.1, 0.15) is 28.4 Å². The molecule has 1 amide bonds. The SMILES string of the molecule is CN(C)c1cccc(C(=O)N(C)C(CCO)c2ccccc2)c1. The molecule has 0 bridgehead atoms. The maximum Gasteiger partial charge on any atom is 0.254 e. The maximum absolute atomic E-state index is 12.8. The molecule has 0 aromatic heterocycles. The molecule has 0 aliphatic heterocycles. The Kier molecular flexibility index (Phi) is 5.77. The predicted molar refractivity (Wildman–Crippen MR) is 93.7 cm³/mol. The maximum atomic E-state index is 12.8. The number of rotatable bonds is 6. The van der Waals surface area contributed by atoms with Crippen molar-refractivity contribution in [1.82, 2.24) is 4.90 Å². The summed E-state index contributed by atoms with van der Waals surface area (Å²) < 4.78 is 0. The molecule has 0 spiro atoms. The fourth-order valence-electron chi connectivity index (χ4n) is 2.64. The van der Waals surface area contributed by atoms with Crippen LogP contribution in [0.15, 0.2) is 54.6 Å². The van der Waals surface area contributed by atoms with Crippen molar-refractivity contribution >= 4 is 11.6 Å². The van der Waals surface area contributed by atoms with Gasteiger partial charge in [0.05, 0.1) is 6.04 Å². The van der Waals surface area contributed by atoms with Crippen molar-refractivity contribution in [1.29, 1.82) is 0 Å². The number of carbonyl (C=O) groups is 1. The van der Waals surface area contributed by atoms with Crippen LogP contribution < -0.4 is 4.90 Å². The van der Waals surface area contributed by atoms with Gasteiger partial charge in [0, 0.05) is 39.0 Å². The number of aliphatic hydroxyl groups is 1. The monoisotopic (exact) mass is 312 g/mol. The lowest BCUT2D eigenvalue weighted by atomic mass is 10.0. The number of anilines is 1. The van der Waals surface area contributed by atoms with Gasteiger partial charge in [-0.15, -0.1) is 0 Å². The summed E-state index contributed by atoms with van der Waals surface area (Å²) in [6.07, 6.45) is 0.514. The summed E-state index contributed by atoms with van der Waals surface area (Å²) in [6.45, 7) is 0.0366. The molecule has 4 nitrogen and oxygen atoms in total. The topological polar surface area (TPSA) is 43.8 Å². The number of nitrogens with zero attached hydrogens (tertiary/aromatic N) is 2. The van der Waals surface area contributed by atoms with E-state index in [9.17, 15) is 9.90 Å². The Balaban J connectivity index is 2.27. The quantitative estimate of drug-likeness (QED) is 0.892. The minimum Gasteiger partial charge on any atom is -0.396 e. The van der Waals surface area contributed by atoms with E-state index in [-0.39, 0.29) is 18.6 Å². The van der Waals surface area contributed by atoms with Crippen LogP contribution in [0.4, 0.5) is 5.69 Å². The lowest BCUT2D eigenvalue weighted by molar-refractivity contribution is 0.0705. The van der Waals surface area contributed by atoms with Crippen LogP contribution in [-0.4, -0.2) is 43.7 Å². The van der Waals surface area contributed by atoms with Crippen molar-refractivity contribution in [2.24, 2.45) is 0 Å². The highest BCUT2D eigenvalue weighted by Crippen LogP contribution is 2.25. The van der Waals surface area contributed by atoms with E-state index in [0.29, 0.717) is 12.0 Å². The van der Waals surface area contributed by atoms with E-state index in [2.05, 4.69) is 0 Å². The minimum atomic E-state index is -0.142. The van der Waals surface area contributed by atoms with Gasteiger partial charge >= 0.3 is 0 Å². The molecule has 1 unspecified atom stereocenters. The predicted octanol–water partition coefficient (Wildman–Crippen LogP) is 2.95. The smallest absolute Gasteiger partial charge is 0.254 e. The van der Waals surface area contributed by atoms with Gasteiger partial charge < -0.3 is 14.9 Å². The number of amides is 1. The first kappa shape index (κ1) is 17.0. The second-order valence-electron chi connectivity index (χ2n) is 5.80. The fraction of sp³-hybridized carbons (Fsp3) is 0.316. The summed E-state index contributed by atoms with van der Waals surface area (Å²) in [6, 6.07) is 17.3. The molecule has 23 heavy (non-hydrogen) atoms. The van der Waals surface area contributed by atoms with Crippen LogP contribution in [-0.2, 0) is 0 Å². The third-order valence-electron chi connectivity index (χ3n) is 3.98. The van der Waals surface area contributed by atoms with Gasteiger partial charge in [-0.1, -0.05) is 36.4 Å². The molecule has 2 aromatic rings. The van der Waals surface area contributed by atoms with Gasteiger partial charge in [0.2, 0.25) is 0 Å². The van der Waals surface area contributed by atoms with Gasteiger partial charge in [-0.2, -0.15) is 0 Å². The normalized spacial score (nSPS) is 11.8. The molecule has 122 valence electrons. The summed E-state index contributed by atoms with van der Waals surface area (Å²) >= 11 is 0. The van der Waals surface area contributed by atoms with Gasteiger partial charge in [0.1, 0.15) is 0 Å². The van der Waals surface area contributed by atoms with E-state index in [1.165, 1.54) is 0 Å². The van der Waals surface area contributed by atoms with Crippen LogP contribution in [0.25, 0.3) is 0 Å². The number of hydrogen-bond donors (Lipinski definition) is 1. The molecule has 4 heteroatoms. The summed E-state index contributed by atoms with van der Waals surface area (Å²) in [4.78, 5) is 16.5. The molecule has 2 rings (SSSR count). The molecule has 0 saturated carbocycles. The molecule has 2 aromatic carbocycles. The molecule has 0 aliphatic carbocycles. The zero-order chi connectivity index (χ0) is 16.8. The molecular formula is C19H24N2O2. The van der Waals surface area contributed by atoms with Crippen molar-refractivity contribution in [2.45, 2.75) is 12.5 Å². The highest BCUT2D eigenvalue weighted by Gasteiger charge is 2.22.